The third-order valence-corrected chi connectivity index (χ3v) is 8.13. The van der Waals surface area contributed by atoms with Crippen molar-refractivity contribution in [1.82, 2.24) is 25.1 Å². The summed E-state index contributed by atoms with van der Waals surface area (Å²) in [5.41, 5.74) is 1.98. The van der Waals surface area contributed by atoms with Crippen molar-refractivity contribution >= 4 is 17.2 Å². The number of fused-ring (bicyclic) bond motifs is 3. The average molecular weight is 546 g/mol. The first kappa shape index (κ1) is 26.0. The molecule has 2 aromatic heterocycles. The van der Waals surface area contributed by atoms with Crippen LogP contribution in [0.1, 0.15) is 39.5 Å². The van der Waals surface area contributed by atoms with Crippen molar-refractivity contribution in [2.75, 3.05) is 50.1 Å². The lowest BCUT2D eigenvalue weighted by atomic mass is 9.58. The third-order valence-electron chi connectivity index (χ3n) is 8.13. The van der Waals surface area contributed by atoms with Gasteiger partial charge in [0.05, 0.1) is 6.61 Å². The summed E-state index contributed by atoms with van der Waals surface area (Å²) in [6, 6.07) is 5.68. The highest BCUT2D eigenvalue weighted by atomic mass is 19.4. The van der Waals surface area contributed by atoms with Crippen LogP contribution in [-0.4, -0.2) is 66.0 Å². The lowest BCUT2D eigenvalue weighted by Gasteiger charge is -2.50. The van der Waals surface area contributed by atoms with E-state index < -0.39 is 6.36 Å². The van der Waals surface area contributed by atoms with Crippen LogP contribution in [0.2, 0.25) is 0 Å². The Kier molecular flexibility index (Phi) is 6.28. The van der Waals surface area contributed by atoms with Gasteiger partial charge in [-0.15, -0.1) is 28.5 Å². The summed E-state index contributed by atoms with van der Waals surface area (Å²) in [6.45, 7) is 8.47. The number of benzene rings is 1. The highest BCUT2D eigenvalue weighted by Crippen LogP contribution is 2.52. The van der Waals surface area contributed by atoms with Crippen LogP contribution < -0.4 is 25.0 Å². The van der Waals surface area contributed by atoms with E-state index in [1.807, 2.05) is 7.05 Å². The Hall–Kier alpha value is -3.28. The van der Waals surface area contributed by atoms with E-state index in [2.05, 4.69) is 44.3 Å². The largest absolute Gasteiger partial charge is 0.573 e. The van der Waals surface area contributed by atoms with Crippen molar-refractivity contribution in [1.29, 1.82) is 0 Å². The molecule has 39 heavy (non-hydrogen) atoms. The number of nitrogens with one attached hydrogen (secondary N) is 2. The fourth-order valence-electron chi connectivity index (χ4n) is 6.45. The monoisotopic (exact) mass is 545 g/mol. The van der Waals surface area contributed by atoms with Crippen molar-refractivity contribution in [2.24, 2.45) is 16.7 Å². The Morgan fingerprint density at radius 1 is 1.18 bits per heavy atom. The lowest BCUT2D eigenvalue weighted by Crippen LogP contribution is -2.47. The van der Waals surface area contributed by atoms with Crippen LogP contribution in [0.15, 0.2) is 24.3 Å². The zero-order valence-electron chi connectivity index (χ0n) is 22.4. The average Bonchev–Trinajstić information content (AvgIpc) is 3.22. The van der Waals surface area contributed by atoms with Gasteiger partial charge in [0.1, 0.15) is 11.4 Å². The van der Waals surface area contributed by atoms with Gasteiger partial charge >= 0.3 is 6.36 Å². The fraction of sp³-hybridized carbons (Fsp3) is 0.593. The molecular formula is C27H34F3N7O2. The normalized spacial score (nSPS) is 20.7. The zero-order valence-corrected chi connectivity index (χ0v) is 22.4. The first-order chi connectivity index (χ1) is 18.5. The van der Waals surface area contributed by atoms with Crippen LogP contribution in [0.5, 0.6) is 11.5 Å². The molecule has 0 unspecified atom stereocenters. The van der Waals surface area contributed by atoms with Gasteiger partial charge < -0.3 is 25.0 Å². The molecule has 1 aliphatic carbocycles. The summed E-state index contributed by atoms with van der Waals surface area (Å²) in [6.07, 6.45) is 0.0777. The number of rotatable bonds is 5. The van der Waals surface area contributed by atoms with E-state index in [1.54, 1.807) is 10.6 Å². The molecule has 12 heteroatoms. The molecule has 4 heterocycles. The first-order valence-corrected chi connectivity index (χ1v) is 13.5. The topological polar surface area (TPSA) is 88.8 Å². The van der Waals surface area contributed by atoms with Crippen molar-refractivity contribution < 1.29 is 22.6 Å². The second kappa shape index (κ2) is 9.42. The van der Waals surface area contributed by atoms with Crippen molar-refractivity contribution in [2.45, 2.75) is 45.9 Å². The molecule has 2 N–H and O–H groups in total. The van der Waals surface area contributed by atoms with Crippen LogP contribution in [0.3, 0.4) is 0 Å². The van der Waals surface area contributed by atoms with Crippen LogP contribution in [0, 0.1) is 16.7 Å². The predicted molar refractivity (Wildman–Crippen MR) is 141 cm³/mol. The van der Waals surface area contributed by atoms with Gasteiger partial charge in [-0.2, -0.15) is 4.52 Å². The smallest absolute Gasteiger partial charge is 0.487 e. The maximum atomic E-state index is 12.8. The van der Waals surface area contributed by atoms with Crippen molar-refractivity contribution in [3.8, 4) is 22.9 Å². The second-order valence-corrected chi connectivity index (χ2v) is 12.1. The number of aromatic nitrogens is 4. The molecule has 2 fully saturated rings. The van der Waals surface area contributed by atoms with Gasteiger partial charge in [0, 0.05) is 31.1 Å². The van der Waals surface area contributed by atoms with E-state index in [-0.39, 0.29) is 11.2 Å². The van der Waals surface area contributed by atoms with E-state index in [4.69, 9.17) is 9.84 Å². The van der Waals surface area contributed by atoms with Gasteiger partial charge in [0.25, 0.3) is 0 Å². The maximum absolute atomic E-state index is 12.8. The quantitative estimate of drug-likeness (QED) is 0.476. The summed E-state index contributed by atoms with van der Waals surface area (Å²) in [7, 11) is 2.02. The van der Waals surface area contributed by atoms with Gasteiger partial charge in [-0.25, -0.2) is 0 Å². The minimum Gasteiger partial charge on any atom is -0.487 e. The van der Waals surface area contributed by atoms with Gasteiger partial charge in [-0.3, -0.25) is 0 Å². The van der Waals surface area contributed by atoms with Crippen LogP contribution in [-0.2, 0) is 0 Å². The fourth-order valence-corrected chi connectivity index (χ4v) is 6.45. The summed E-state index contributed by atoms with van der Waals surface area (Å²) in [5.74, 6) is 1.73. The molecule has 1 aromatic carbocycles. The Bertz CT molecular complexity index is 1360. The van der Waals surface area contributed by atoms with Gasteiger partial charge in [0.2, 0.25) is 5.65 Å². The lowest BCUT2D eigenvalue weighted by molar-refractivity contribution is -0.274. The number of hydrogen-bond donors (Lipinski definition) is 2. The van der Waals surface area contributed by atoms with Crippen LogP contribution in [0.25, 0.3) is 17.0 Å². The highest BCUT2D eigenvalue weighted by molar-refractivity contribution is 5.82. The summed E-state index contributed by atoms with van der Waals surface area (Å²) < 4.78 is 50.6. The second-order valence-electron chi connectivity index (χ2n) is 12.1. The summed E-state index contributed by atoms with van der Waals surface area (Å²) in [4.78, 5) is 2.14. The third kappa shape index (κ3) is 5.18. The number of nitrogens with zero attached hydrogens (tertiary/aromatic N) is 5. The Morgan fingerprint density at radius 2 is 1.95 bits per heavy atom. The Labute approximate surface area is 225 Å². The van der Waals surface area contributed by atoms with Crippen LogP contribution >= 0.6 is 0 Å². The van der Waals surface area contributed by atoms with Gasteiger partial charge in [-0.1, -0.05) is 26.0 Å². The molecular weight excluding hydrogens is 511 g/mol. The molecule has 1 spiro atoms. The molecule has 3 aromatic rings. The Balaban J connectivity index is 1.35. The number of hydrogen-bond acceptors (Lipinski definition) is 8. The molecule has 1 saturated carbocycles. The minimum atomic E-state index is -4.79. The predicted octanol–water partition coefficient (Wildman–Crippen LogP) is 4.74. The minimum absolute atomic E-state index is 0.122. The first-order valence-electron chi connectivity index (χ1n) is 13.5. The number of anilines is 2. The molecule has 6 rings (SSSR count). The zero-order chi connectivity index (χ0) is 27.4. The number of halogens is 3. The summed E-state index contributed by atoms with van der Waals surface area (Å²) >= 11 is 0. The molecule has 3 aliphatic rings. The van der Waals surface area contributed by atoms with E-state index >= 15 is 0 Å². The maximum Gasteiger partial charge on any atom is 0.573 e. The van der Waals surface area contributed by atoms with Crippen molar-refractivity contribution in [3.05, 3.63) is 24.3 Å². The van der Waals surface area contributed by atoms with E-state index in [0.717, 1.165) is 31.9 Å². The highest BCUT2D eigenvalue weighted by Gasteiger charge is 2.44. The summed E-state index contributed by atoms with van der Waals surface area (Å²) in [5, 5.41) is 20.6. The molecule has 0 bridgehead atoms. The SMILES string of the molecule is CN1CC(C)(C)COc2c1c(NCC1CC3(CCNCC3)C1)nn1c(-c3cccc(OC(F)(F)F)c3)nnc21. The Morgan fingerprint density at radius 3 is 2.69 bits per heavy atom. The molecule has 0 atom stereocenters. The van der Waals surface area contributed by atoms with E-state index in [1.165, 1.54) is 43.9 Å². The van der Waals surface area contributed by atoms with Gasteiger partial charge in [-0.05, 0) is 62.2 Å². The van der Waals surface area contributed by atoms with Gasteiger partial charge in [0.15, 0.2) is 17.4 Å². The van der Waals surface area contributed by atoms with Crippen molar-refractivity contribution in [3.63, 3.8) is 0 Å². The molecule has 9 nitrogen and oxygen atoms in total. The van der Waals surface area contributed by atoms with Crippen LogP contribution in [0.4, 0.5) is 24.7 Å². The number of ether oxygens (including phenoxy) is 2. The van der Waals surface area contributed by atoms with E-state index in [9.17, 15) is 13.2 Å². The number of piperidine rings is 1. The molecule has 0 radical (unpaired) electrons. The molecule has 210 valence electrons. The molecule has 2 aliphatic heterocycles. The van der Waals surface area contributed by atoms with E-state index in [0.29, 0.717) is 46.5 Å². The standard InChI is InChI=1S/C27H34F3N7O2/c1-25(2)15-36(3)20-21(38-16-25)24-34-33-23(18-5-4-6-19(11-18)39-27(28,29)30)37(24)35-22(20)32-14-17-12-26(13-17)7-9-31-10-8-26/h4-6,11,17,31H,7-10,12-16H2,1-3H3,(H,32,35). The number of alkyl halides is 3. The molecule has 1 saturated heterocycles. The molecule has 0 amide bonds.